The van der Waals surface area contributed by atoms with Gasteiger partial charge >= 0.3 is 5.97 Å². The molecule has 1 aromatic heterocycles. The van der Waals surface area contributed by atoms with Gasteiger partial charge in [-0.3, -0.25) is 0 Å². The summed E-state index contributed by atoms with van der Waals surface area (Å²) < 4.78 is 33.1. The summed E-state index contributed by atoms with van der Waals surface area (Å²) in [4.78, 5) is 14.1. The van der Waals surface area contributed by atoms with Crippen LogP contribution in [0.15, 0.2) is 52.5 Å². The first kappa shape index (κ1) is 35.6. The zero-order chi connectivity index (χ0) is 31.8. The third kappa shape index (κ3) is 11.6. The standard InChI is InChI=1S/C32H45ClN4O5S2/c1-3-4-5-6-7-8-9-10-11-12-13-14-15-18-23-42-29-22-21-25(24-27(29)31(38)39)44(40,41)36-34-32-37(2)35-30(43-32)26-19-16-17-20-28(26)33/h16-17,19-22,24,36H,3-15,18,23H2,1-2H3,(H,38,39). The van der Waals surface area contributed by atoms with Crippen molar-refractivity contribution >= 4 is 38.9 Å². The fourth-order valence-corrected chi connectivity index (χ4v) is 6.85. The third-order valence-corrected chi connectivity index (χ3v) is 9.89. The number of hydrogen-bond donors (Lipinski definition) is 2. The molecule has 0 aliphatic rings. The smallest absolute Gasteiger partial charge is 0.339 e. The first-order valence-corrected chi connectivity index (χ1v) is 18.3. The number of aryl methyl sites for hydroxylation is 1. The van der Waals surface area contributed by atoms with Crippen molar-refractivity contribution in [1.29, 1.82) is 0 Å². The molecule has 0 aliphatic carbocycles. The van der Waals surface area contributed by atoms with Crippen molar-refractivity contribution in [2.24, 2.45) is 12.1 Å². The zero-order valence-corrected chi connectivity index (χ0v) is 28.2. The maximum Gasteiger partial charge on any atom is 0.339 e. The lowest BCUT2D eigenvalue weighted by Gasteiger charge is -2.11. The van der Waals surface area contributed by atoms with Gasteiger partial charge in [0.05, 0.1) is 16.5 Å². The van der Waals surface area contributed by atoms with Gasteiger partial charge in [0.25, 0.3) is 10.0 Å². The number of rotatable bonds is 21. The van der Waals surface area contributed by atoms with Crippen LogP contribution in [0.2, 0.25) is 5.02 Å². The number of aromatic nitrogens is 2. The average Bonchev–Trinajstić information content (AvgIpc) is 3.38. The van der Waals surface area contributed by atoms with E-state index >= 15 is 0 Å². The summed E-state index contributed by atoms with van der Waals surface area (Å²) in [6, 6.07) is 11.0. The molecule has 0 amide bonds. The van der Waals surface area contributed by atoms with E-state index in [0.29, 0.717) is 22.2 Å². The predicted molar refractivity (Wildman–Crippen MR) is 177 cm³/mol. The predicted octanol–water partition coefficient (Wildman–Crippen LogP) is 8.15. The second kappa shape index (κ2) is 18.8. The Morgan fingerprint density at radius 2 is 1.55 bits per heavy atom. The van der Waals surface area contributed by atoms with Crippen LogP contribution in [0.25, 0.3) is 10.6 Å². The number of aromatic carboxylic acids is 1. The lowest BCUT2D eigenvalue weighted by atomic mass is 10.0. The van der Waals surface area contributed by atoms with Crippen LogP contribution in [0.5, 0.6) is 5.75 Å². The molecule has 0 spiro atoms. The van der Waals surface area contributed by atoms with Crippen LogP contribution in [-0.4, -0.2) is 35.9 Å². The number of sulfonamides is 1. The highest BCUT2D eigenvalue weighted by molar-refractivity contribution is 7.89. The van der Waals surface area contributed by atoms with Crippen LogP contribution in [0.3, 0.4) is 0 Å². The molecule has 242 valence electrons. The van der Waals surface area contributed by atoms with Crippen molar-refractivity contribution in [3.05, 3.63) is 57.9 Å². The highest BCUT2D eigenvalue weighted by Crippen LogP contribution is 2.27. The number of nitrogens with zero attached hydrogens (tertiary/aromatic N) is 3. The summed E-state index contributed by atoms with van der Waals surface area (Å²) in [6.45, 7) is 2.62. The van der Waals surface area contributed by atoms with E-state index in [1.807, 2.05) is 12.1 Å². The van der Waals surface area contributed by atoms with Gasteiger partial charge in [0, 0.05) is 12.6 Å². The molecular weight excluding hydrogens is 620 g/mol. The van der Waals surface area contributed by atoms with Gasteiger partial charge in [-0.2, -0.15) is 18.3 Å². The van der Waals surface area contributed by atoms with Gasteiger partial charge in [-0.15, -0.1) is 5.10 Å². The molecule has 0 atom stereocenters. The Morgan fingerprint density at radius 1 is 0.955 bits per heavy atom. The maximum absolute atomic E-state index is 13.0. The molecule has 3 rings (SSSR count). The molecule has 2 N–H and O–H groups in total. The highest BCUT2D eigenvalue weighted by Gasteiger charge is 2.20. The number of carbonyl (C=O) groups is 1. The van der Waals surface area contributed by atoms with E-state index in [2.05, 4.69) is 22.0 Å². The number of carboxylic acids is 1. The first-order chi connectivity index (χ1) is 21.2. The molecule has 0 radical (unpaired) electrons. The van der Waals surface area contributed by atoms with Crippen molar-refractivity contribution < 1.29 is 23.1 Å². The van der Waals surface area contributed by atoms with Crippen molar-refractivity contribution in [2.45, 2.75) is 102 Å². The Kier molecular flexibility index (Phi) is 15.2. The Balaban J connectivity index is 1.44. The summed E-state index contributed by atoms with van der Waals surface area (Å²) in [5.41, 5.74) is 0.484. The molecular formula is C32H45ClN4O5S2. The van der Waals surface area contributed by atoms with E-state index < -0.39 is 16.0 Å². The fourth-order valence-electron chi connectivity index (χ4n) is 4.79. The SMILES string of the molecule is CCCCCCCCCCCCCCCCOc1ccc(S(=O)(=O)NN=c2sc(-c3ccccc3Cl)nn2C)cc1C(=O)O. The van der Waals surface area contributed by atoms with Crippen LogP contribution < -0.4 is 14.4 Å². The number of carboxylic acid groups (broad SMARTS) is 1. The number of hydrogen-bond acceptors (Lipinski definition) is 7. The molecule has 44 heavy (non-hydrogen) atoms. The van der Waals surface area contributed by atoms with Gasteiger partial charge in [0.1, 0.15) is 16.3 Å². The van der Waals surface area contributed by atoms with Crippen LogP contribution in [0.4, 0.5) is 0 Å². The molecule has 0 bridgehead atoms. The molecule has 9 nitrogen and oxygen atoms in total. The quantitative estimate of drug-likeness (QED) is 0.0875. The largest absolute Gasteiger partial charge is 0.493 e. The summed E-state index contributed by atoms with van der Waals surface area (Å²) in [6.07, 6.45) is 17.5. The molecule has 2 aromatic carbocycles. The monoisotopic (exact) mass is 664 g/mol. The van der Waals surface area contributed by atoms with Gasteiger partial charge in [0.2, 0.25) is 4.80 Å². The average molecular weight is 665 g/mol. The van der Waals surface area contributed by atoms with Gasteiger partial charge in [0.15, 0.2) is 0 Å². The normalized spacial score (nSPS) is 12.0. The number of unbranched alkanes of at least 4 members (excludes halogenated alkanes) is 13. The number of ether oxygens (including phenoxy) is 1. The van der Waals surface area contributed by atoms with Crippen molar-refractivity contribution in [1.82, 2.24) is 14.6 Å². The summed E-state index contributed by atoms with van der Waals surface area (Å²) in [7, 11) is -2.52. The molecule has 0 aliphatic heterocycles. The van der Waals surface area contributed by atoms with Crippen molar-refractivity contribution in [3.63, 3.8) is 0 Å². The molecule has 0 saturated heterocycles. The Hall–Kier alpha value is -2.89. The molecule has 3 aromatic rings. The van der Waals surface area contributed by atoms with Crippen molar-refractivity contribution in [2.75, 3.05) is 6.61 Å². The van der Waals surface area contributed by atoms with Gasteiger partial charge in [-0.25, -0.2) is 9.48 Å². The Bertz CT molecular complexity index is 1500. The number of halogens is 1. The number of nitrogens with one attached hydrogen (secondary N) is 1. The van der Waals surface area contributed by atoms with E-state index in [-0.39, 0.29) is 21.0 Å². The minimum atomic E-state index is -4.16. The minimum absolute atomic E-state index is 0.140. The second-order valence-electron chi connectivity index (χ2n) is 10.9. The van der Waals surface area contributed by atoms with E-state index in [4.69, 9.17) is 16.3 Å². The van der Waals surface area contributed by atoms with Gasteiger partial charge in [-0.05, 0) is 30.7 Å². The lowest BCUT2D eigenvalue weighted by molar-refractivity contribution is 0.0691. The van der Waals surface area contributed by atoms with E-state index in [9.17, 15) is 18.3 Å². The lowest BCUT2D eigenvalue weighted by Crippen LogP contribution is -2.24. The molecule has 0 saturated carbocycles. The zero-order valence-electron chi connectivity index (χ0n) is 25.8. The first-order valence-electron chi connectivity index (χ1n) is 15.6. The molecule has 0 fully saturated rings. The summed E-state index contributed by atoms with van der Waals surface area (Å²) >= 11 is 7.41. The summed E-state index contributed by atoms with van der Waals surface area (Å²) in [5, 5.41) is 19.2. The maximum atomic E-state index is 13.0. The van der Waals surface area contributed by atoms with Crippen molar-refractivity contribution in [3.8, 4) is 16.3 Å². The molecule has 0 unspecified atom stereocenters. The van der Waals surface area contributed by atoms with E-state index in [0.717, 1.165) is 36.7 Å². The topological polar surface area (TPSA) is 123 Å². The fraction of sp³-hybridized carbons (Fsp3) is 0.531. The van der Waals surface area contributed by atoms with Crippen LogP contribution >= 0.6 is 22.9 Å². The molecule has 12 heteroatoms. The van der Waals surface area contributed by atoms with Crippen LogP contribution in [-0.2, 0) is 17.1 Å². The molecule has 1 heterocycles. The second-order valence-corrected chi connectivity index (χ2v) is 13.9. The minimum Gasteiger partial charge on any atom is -0.493 e. The van der Waals surface area contributed by atoms with Gasteiger partial charge < -0.3 is 9.84 Å². The van der Waals surface area contributed by atoms with E-state index in [1.165, 1.54) is 87.4 Å². The highest BCUT2D eigenvalue weighted by atomic mass is 35.5. The van der Waals surface area contributed by atoms with Crippen LogP contribution in [0.1, 0.15) is 107 Å². The van der Waals surface area contributed by atoms with E-state index in [1.54, 1.807) is 19.2 Å². The van der Waals surface area contributed by atoms with Gasteiger partial charge in [-0.1, -0.05) is 132 Å². The number of benzene rings is 2. The van der Waals surface area contributed by atoms with Crippen LogP contribution in [0, 0.1) is 0 Å². The summed E-state index contributed by atoms with van der Waals surface area (Å²) in [5.74, 6) is -1.13. The Labute approximate surface area is 270 Å². The Morgan fingerprint density at radius 3 is 2.14 bits per heavy atom. The third-order valence-electron chi connectivity index (χ3n) is 7.32.